The molecule has 4 rings (SSSR count). The van der Waals surface area contributed by atoms with Gasteiger partial charge < -0.3 is 0 Å². The van der Waals surface area contributed by atoms with E-state index in [1.165, 1.54) is 0 Å². The molecule has 0 saturated heterocycles. The van der Waals surface area contributed by atoms with Gasteiger partial charge in [0.25, 0.3) is 5.78 Å². The van der Waals surface area contributed by atoms with Gasteiger partial charge >= 0.3 is 0 Å². The summed E-state index contributed by atoms with van der Waals surface area (Å²) in [5.74, 6) is 1.47. The fraction of sp³-hybridized carbons (Fsp3) is 0. The summed E-state index contributed by atoms with van der Waals surface area (Å²) in [4.78, 5) is 0. The molecule has 2 aromatic carbocycles. The molecule has 0 atom stereocenters. The zero-order valence-electron chi connectivity index (χ0n) is 10.9. The molecule has 6 heteroatoms. The average molecular weight is 296 g/mol. The third-order valence-corrected chi connectivity index (χ3v) is 3.50. The normalized spacial score (nSPS) is 11.1. The Balaban J connectivity index is 2.01. The van der Waals surface area contributed by atoms with E-state index in [2.05, 4.69) is 15.3 Å². The molecule has 0 bridgehead atoms. The molecule has 0 saturated carbocycles. The summed E-state index contributed by atoms with van der Waals surface area (Å²) in [6, 6.07) is 17.5. The molecule has 0 unspecified atom stereocenters. The van der Waals surface area contributed by atoms with E-state index >= 15 is 0 Å². The Kier molecular flexibility index (Phi) is 2.72. The van der Waals surface area contributed by atoms with Crippen LogP contribution in [-0.4, -0.2) is 24.4 Å². The number of para-hydroxylation sites is 1. The largest absolute Gasteiger partial charge is 0.260 e. The Labute approximate surface area is 125 Å². The first-order valence-electron chi connectivity index (χ1n) is 6.43. The van der Waals surface area contributed by atoms with Gasteiger partial charge in [-0.3, -0.25) is 4.57 Å². The van der Waals surface area contributed by atoms with Crippen molar-refractivity contribution in [1.29, 1.82) is 0 Å². The molecule has 2 aromatic heterocycles. The average Bonchev–Trinajstić information content (AvgIpc) is 3.09. The van der Waals surface area contributed by atoms with Crippen LogP contribution >= 0.6 is 11.6 Å². The number of rotatable bonds is 2. The maximum Gasteiger partial charge on any atom is 0.258 e. The van der Waals surface area contributed by atoms with Gasteiger partial charge in [0.1, 0.15) is 6.33 Å². The predicted octanol–water partition coefficient (Wildman–Crippen LogP) is 3.24. The maximum atomic E-state index is 5.96. The third-order valence-electron chi connectivity index (χ3n) is 3.24. The van der Waals surface area contributed by atoms with Crippen molar-refractivity contribution >= 4 is 17.4 Å². The molecule has 102 valence electrons. The number of aromatic nitrogens is 5. The molecule has 0 fully saturated rings. The minimum atomic E-state index is 0.672. The number of benzene rings is 2. The summed E-state index contributed by atoms with van der Waals surface area (Å²) in [5.41, 5.74) is 1.95. The highest BCUT2D eigenvalue weighted by Gasteiger charge is 2.15. The molecule has 0 amide bonds. The van der Waals surface area contributed by atoms with Crippen molar-refractivity contribution in [3.05, 3.63) is 65.9 Å². The predicted molar refractivity (Wildman–Crippen MR) is 80.6 cm³/mol. The van der Waals surface area contributed by atoms with Crippen molar-refractivity contribution in [2.45, 2.75) is 0 Å². The summed E-state index contributed by atoms with van der Waals surface area (Å²) >= 11 is 5.96. The minimum absolute atomic E-state index is 0.672. The summed E-state index contributed by atoms with van der Waals surface area (Å²) in [5, 5.41) is 13.3. The van der Waals surface area contributed by atoms with Crippen molar-refractivity contribution < 1.29 is 0 Å². The fourth-order valence-electron chi connectivity index (χ4n) is 2.28. The van der Waals surface area contributed by atoms with E-state index in [0.717, 1.165) is 17.1 Å². The van der Waals surface area contributed by atoms with Crippen molar-refractivity contribution in [3.8, 4) is 17.1 Å². The summed E-state index contributed by atoms with van der Waals surface area (Å²) < 4.78 is 3.63. The Hall–Kier alpha value is -2.66. The minimum Gasteiger partial charge on any atom is -0.260 e. The smallest absolute Gasteiger partial charge is 0.258 e. The highest BCUT2D eigenvalue weighted by atomic mass is 35.5. The van der Waals surface area contributed by atoms with Crippen LogP contribution in [0.5, 0.6) is 0 Å². The molecule has 5 nitrogen and oxygen atoms in total. The maximum absolute atomic E-state index is 5.96. The monoisotopic (exact) mass is 295 g/mol. The standard InChI is InChI=1S/C15H10ClN5/c16-12-8-6-11(7-9-12)14-19-20-10-17-18-15(20)21(14)13-4-2-1-3-5-13/h1-10H. The van der Waals surface area contributed by atoms with Crippen LogP contribution in [0, 0.1) is 0 Å². The van der Waals surface area contributed by atoms with Crippen LogP contribution in [0.1, 0.15) is 0 Å². The number of nitrogens with zero attached hydrogens (tertiary/aromatic N) is 5. The summed E-state index contributed by atoms with van der Waals surface area (Å²) in [6.45, 7) is 0. The zero-order chi connectivity index (χ0) is 14.2. The van der Waals surface area contributed by atoms with Gasteiger partial charge in [-0.15, -0.1) is 15.3 Å². The Morgan fingerprint density at radius 1 is 0.905 bits per heavy atom. The van der Waals surface area contributed by atoms with E-state index in [1.54, 1.807) is 10.8 Å². The van der Waals surface area contributed by atoms with E-state index in [0.29, 0.717) is 10.8 Å². The first kappa shape index (κ1) is 12.1. The summed E-state index contributed by atoms with van der Waals surface area (Å²) in [7, 11) is 0. The lowest BCUT2D eigenvalue weighted by Gasteiger charge is -2.06. The second-order valence-corrected chi connectivity index (χ2v) is 5.01. The van der Waals surface area contributed by atoms with Crippen molar-refractivity contribution in [2.75, 3.05) is 0 Å². The quantitative estimate of drug-likeness (QED) is 0.570. The van der Waals surface area contributed by atoms with Crippen LogP contribution in [-0.2, 0) is 0 Å². The molecule has 0 spiro atoms. The highest BCUT2D eigenvalue weighted by Crippen LogP contribution is 2.25. The van der Waals surface area contributed by atoms with Crippen LogP contribution < -0.4 is 0 Å². The van der Waals surface area contributed by atoms with Crippen molar-refractivity contribution in [2.24, 2.45) is 0 Å². The summed E-state index contributed by atoms with van der Waals surface area (Å²) in [6.07, 6.45) is 1.59. The van der Waals surface area contributed by atoms with Crippen molar-refractivity contribution in [1.82, 2.24) is 24.4 Å². The van der Waals surface area contributed by atoms with E-state index < -0.39 is 0 Å². The molecule has 21 heavy (non-hydrogen) atoms. The van der Waals surface area contributed by atoms with Gasteiger partial charge in [-0.1, -0.05) is 29.8 Å². The Bertz CT molecular complexity index is 893. The van der Waals surface area contributed by atoms with Crippen LogP contribution in [0.2, 0.25) is 5.02 Å². The molecule has 0 radical (unpaired) electrons. The Morgan fingerprint density at radius 3 is 2.43 bits per heavy atom. The first-order chi connectivity index (χ1) is 10.3. The lowest BCUT2D eigenvalue weighted by molar-refractivity contribution is 0.955. The molecule has 0 aliphatic carbocycles. The van der Waals surface area contributed by atoms with E-state index in [9.17, 15) is 0 Å². The molecule has 0 N–H and O–H groups in total. The van der Waals surface area contributed by atoms with Gasteiger partial charge in [0.15, 0.2) is 5.82 Å². The van der Waals surface area contributed by atoms with Gasteiger partial charge in [0.05, 0.1) is 5.69 Å². The fourth-order valence-corrected chi connectivity index (χ4v) is 2.41. The topological polar surface area (TPSA) is 48.0 Å². The van der Waals surface area contributed by atoms with Gasteiger partial charge in [-0.25, -0.2) is 0 Å². The van der Waals surface area contributed by atoms with Crippen LogP contribution in [0.4, 0.5) is 0 Å². The van der Waals surface area contributed by atoms with Crippen LogP contribution in [0.3, 0.4) is 0 Å². The first-order valence-corrected chi connectivity index (χ1v) is 6.81. The second-order valence-electron chi connectivity index (χ2n) is 4.58. The molecule has 0 aliphatic heterocycles. The van der Waals surface area contributed by atoms with E-state index in [1.807, 2.05) is 59.2 Å². The molecular weight excluding hydrogens is 286 g/mol. The van der Waals surface area contributed by atoms with Crippen LogP contribution in [0.15, 0.2) is 60.9 Å². The zero-order valence-corrected chi connectivity index (χ0v) is 11.6. The number of halogens is 1. The van der Waals surface area contributed by atoms with Gasteiger partial charge in [0.2, 0.25) is 0 Å². The van der Waals surface area contributed by atoms with E-state index in [-0.39, 0.29) is 0 Å². The number of hydrogen-bond acceptors (Lipinski definition) is 3. The highest BCUT2D eigenvalue weighted by molar-refractivity contribution is 6.30. The van der Waals surface area contributed by atoms with Gasteiger partial charge in [-0.2, -0.15) is 4.52 Å². The molecule has 0 aliphatic rings. The SMILES string of the molecule is Clc1ccc(-c2nn3cnnc3n2-c2ccccc2)cc1. The van der Waals surface area contributed by atoms with Gasteiger partial charge in [-0.05, 0) is 36.4 Å². The van der Waals surface area contributed by atoms with Crippen LogP contribution in [0.25, 0.3) is 22.9 Å². The van der Waals surface area contributed by atoms with E-state index in [4.69, 9.17) is 11.6 Å². The molecule has 4 aromatic rings. The lowest BCUT2D eigenvalue weighted by atomic mass is 10.2. The molecular formula is C15H10ClN5. The van der Waals surface area contributed by atoms with Gasteiger partial charge in [0, 0.05) is 10.6 Å². The second kappa shape index (κ2) is 4.71. The lowest BCUT2D eigenvalue weighted by Crippen LogP contribution is -1.98. The molecule has 2 heterocycles. The Morgan fingerprint density at radius 2 is 1.67 bits per heavy atom. The number of hydrogen-bond donors (Lipinski definition) is 0. The number of fused-ring (bicyclic) bond motifs is 1. The van der Waals surface area contributed by atoms with Crippen molar-refractivity contribution in [3.63, 3.8) is 0 Å². The third kappa shape index (κ3) is 1.98.